The lowest BCUT2D eigenvalue weighted by Crippen LogP contribution is -2.47. The highest BCUT2D eigenvalue weighted by atomic mass is 32.2. The van der Waals surface area contributed by atoms with Crippen LogP contribution in [0.15, 0.2) is 35.5 Å². The van der Waals surface area contributed by atoms with E-state index in [9.17, 15) is 4.79 Å². The Morgan fingerprint density at radius 2 is 1.96 bits per heavy atom. The highest BCUT2D eigenvalue weighted by Crippen LogP contribution is 2.25. The molecule has 3 aromatic rings. The van der Waals surface area contributed by atoms with Crippen molar-refractivity contribution in [2.24, 2.45) is 0 Å². The van der Waals surface area contributed by atoms with E-state index in [1.807, 2.05) is 22.6 Å². The molecule has 0 bridgehead atoms. The van der Waals surface area contributed by atoms with Gasteiger partial charge in [0, 0.05) is 17.5 Å². The molecule has 2 atom stereocenters. The van der Waals surface area contributed by atoms with Crippen LogP contribution in [0.25, 0.3) is 16.6 Å². The van der Waals surface area contributed by atoms with Gasteiger partial charge in [0.15, 0.2) is 10.8 Å². The van der Waals surface area contributed by atoms with E-state index in [2.05, 4.69) is 59.3 Å². The van der Waals surface area contributed by atoms with Crippen molar-refractivity contribution in [1.82, 2.24) is 30.8 Å². The first-order valence-corrected chi connectivity index (χ1v) is 9.70. The number of carbonyl (C=O) groups excluding carboxylic acids is 1. The van der Waals surface area contributed by atoms with E-state index in [1.54, 1.807) is 0 Å². The predicted molar refractivity (Wildman–Crippen MR) is 103 cm³/mol. The number of hydrogen-bond acceptors (Lipinski definition) is 6. The molecular weight excluding hydrogens is 348 g/mol. The van der Waals surface area contributed by atoms with E-state index in [4.69, 9.17) is 0 Å². The van der Waals surface area contributed by atoms with Crippen LogP contribution in [0.2, 0.25) is 0 Å². The molecule has 7 nitrogen and oxygen atoms in total. The average molecular weight is 370 g/mol. The fourth-order valence-electron chi connectivity index (χ4n) is 3.45. The largest absolute Gasteiger partial charge is 0.349 e. The van der Waals surface area contributed by atoms with Crippen LogP contribution in [0.4, 0.5) is 0 Å². The predicted octanol–water partition coefficient (Wildman–Crippen LogP) is 1.65. The molecule has 136 valence electrons. The molecule has 1 fully saturated rings. The van der Waals surface area contributed by atoms with Gasteiger partial charge in [-0.05, 0) is 38.5 Å². The third-order valence-corrected chi connectivity index (χ3v) is 5.78. The molecule has 1 aromatic carbocycles. The van der Waals surface area contributed by atoms with E-state index in [1.165, 1.54) is 17.3 Å². The summed E-state index contributed by atoms with van der Waals surface area (Å²) in [5.41, 5.74) is 9.32. The topological polar surface area (TPSA) is 83.3 Å². The number of amides is 1. The van der Waals surface area contributed by atoms with Crippen LogP contribution in [-0.4, -0.2) is 44.4 Å². The van der Waals surface area contributed by atoms with Crippen molar-refractivity contribution in [3.63, 3.8) is 0 Å². The SMILES string of the molecule is Cc1cc2nnc(SCC(=O)NC3C(C)NNC3C)n2c2ccccc12. The fourth-order valence-corrected chi connectivity index (χ4v) is 4.21. The average Bonchev–Trinajstić information content (AvgIpc) is 3.18. The number of fused-ring (bicyclic) bond motifs is 3. The molecular formula is C18H22N6OS. The molecule has 4 rings (SSSR count). The lowest BCUT2D eigenvalue weighted by Gasteiger charge is -2.19. The molecule has 1 aliphatic heterocycles. The number of pyridine rings is 1. The van der Waals surface area contributed by atoms with Crippen molar-refractivity contribution in [3.05, 3.63) is 35.9 Å². The van der Waals surface area contributed by atoms with Crippen LogP contribution in [-0.2, 0) is 4.79 Å². The Kier molecular flexibility index (Phi) is 4.56. The summed E-state index contributed by atoms with van der Waals surface area (Å²) in [7, 11) is 0. The highest BCUT2D eigenvalue weighted by Gasteiger charge is 2.30. The zero-order valence-electron chi connectivity index (χ0n) is 15.0. The van der Waals surface area contributed by atoms with Gasteiger partial charge in [0.1, 0.15) is 0 Å². The number of para-hydroxylation sites is 1. The maximum absolute atomic E-state index is 12.4. The number of benzene rings is 1. The zero-order chi connectivity index (χ0) is 18.3. The van der Waals surface area contributed by atoms with Gasteiger partial charge in [0.05, 0.1) is 17.3 Å². The zero-order valence-corrected chi connectivity index (χ0v) is 15.8. The second kappa shape index (κ2) is 6.86. The van der Waals surface area contributed by atoms with Crippen molar-refractivity contribution >= 4 is 34.2 Å². The minimum absolute atomic E-state index is 0.00244. The Morgan fingerprint density at radius 1 is 1.23 bits per heavy atom. The highest BCUT2D eigenvalue weighted by molar-refractivity contribution is 7.99. The van der Waals surface area contributed by atoms with Crippen LogP contribution in [0.1, 0.15) is 19.4 Å². The van der Waals surface area contributed by atoms with Gasteiger partial charge in [-0.2, -0.15) is 0 Å². The number of carbonyl (C=O) groups is 1. The van der Waals surface area contributed by atoms with E-state index in [-0.39, 0.29) is 24.0 Å². The molecule has 1 amide bonds. The molecule has 3 N–H and O–H groups in total. The first kappa shape index (κ1) is 17.3. The molecule has 0 saturated carbocycles. The fraction of sp³-hybridized carbons (Fsp3) is 0.389. The smallest absolute Gasteiger partial charge is 0.230 e. The summed E-state index contributed by atoms with van der Waals surface area (Å²) in [6.07, 6.45) is 0. The summed E-state index contributed by atoms with van der Waals surface area (Å²) in [5.74, 6) is 0.302. The standard InChI is InChI=1S/C18H22N6OS/c1-10-8-15-22-23-18(24(15)14-7-5-4-6-13(10)14)26-9-16(25)19-17-11(2)20-21-12(17)3/h4-8,11-12,17,20-21H,9H2,1-3H3,(H,19,25). The minimum Gasteiger partial charge on any atom is -0.349 e. The van der Waals surface area contributed by atoms with Gasteiger partial charge < -0.3 is 5.32 Å². The second-order valence-corrected chi connectivity index (χ2v) is 7.71. The van der Waals surface area contributed by atoms with Crippen molar-refractivity contribution in [2.45, 2.75) is 44.1 Å². The van der Waals surface area contributed by atoms with Crippen LogP contribution >= 0.6 is 11.8 Å². The number of aromatic nitrogens is 3. The van der Waals surface area contributed by atoms with Crippen molar-refractivity contribution < 1.29 is 4.79 Å². The summed E-state index contributed by atoms with van der Waals surface area (Å²) in [6.45, 7) is 6.17. The maximum atomic E-state index is 12.4. The number of hydrazine groups is 1. The third-order valence-electron chi connectivity index (χ3n) is 4.85. The Morgan fingerprint density at radius 3 is 2.73 bits per heavy atom. The molecule has 0 spiro atoms. The van der Waals surface area contributed by atoms with Gasteiger partial charge in [-0.3, -0.25) is 20.0 Å². The lowest BCUT2D eigenvalue weighted by molar-refractivity contribution is -0.119. The van der Waals surface area contributed by atoms with E-state index in [0.29, 0.717) is 5.75 Å². The van der Waals surface area contributed by atoms with Crippen LogP contribution in [0.3, 0.4) is 0 Å². The van der Waals surface area contributed by atoms with Crippen molar-refractivity contribution in [3.8, 4) is 0 Å². The minimum atomic E-state index is -0.00244. The maximum Gasteiger partial charge on any atom is 0.230 e. The Bertz CT molecular complexity index is 961. The van der Waals surface area contributed by atoms with E-state index in [0.717, 1.165) is 21.7 Å². The number of nitrogens with one attached hydrogen (secondary N) is 3. The Hall–Kier alpha value is -2.16. The number of rotatable bonds is 4. The van der Waals surface area contributed by atoms with Crippen molar-refractivity contribution in [2.75, 3.05) is 5.75 Å². The van der Waals surface area contributed by atoms with Crippen LogP contribution < -0.4 is 16.2 Å². The number of nitrogens with zero attached hydrogens (tertiary/aromatic N) is 3. The molecule has 3 heterocycles. The molecule has 2 unspecified atom stereocenters. The number of hydrogen-bond donors (Lipinski definition) is 3. The summed E-state index contributed by atoms with van der Waals surface area (Å²) in [6, 6.07) is 10.7. The van der Waals surface area contributed by atoms with Crippen LogP contribution in [0.5, 0.6) is 0 Å². The van der Waals surface area contributed by atoms with E-state index < -0.39 is 0 Å². The summed E-state index contributed by atoms with van der Waals surface area (Å²) >= 11 is 1.41. The normalized spacial score (nSPS) is 23.0. The second-order valence-electron chi connectivity index (χ2n) is 6.77. The molecule has 1 aliphatic rings. The van der Waals surface area contributed by atoms with Crippen molar-refractivity contribution in [1.29, 1.82) is 0 Å². The summed E-state index contributed by atoms with van der Waals surface area (Å²) in [5, 5.41) is 13.6. The first-order valence-electron chi connectivity index (χ1n) is 8.71. The summed E-state index contributed by atoms with van der Waals surface area (Å²) < 4.78 is 2.02. The van der Waals surface area contributed by atoms with Gasteiger partial charge in [-0.1, -0.05) is 30.0 Å². The third kappa shape index (κ3) is 3.04. The quantitative estimate of drug-likeness (QED) is 0.606. The van der Waals surface area contributed by atoms with Gasteiger partial charge >= 0.3 is 0 Å². The molecule has 1 saturated heterocycles. The van der Waals surface area contributed by atoms with Crippen LogP contribution in [0, 0.1) is 6.92 Å². The van der Waals surface area contributed by atoms with E-state index >= 15 is 0 Å². The monoisotopic (exact) mass is 370 g/mol. The molecule has 0 radical (unpaired) electrons. The number of aryl methyl sites for hydroxylation is 1. The Labute approximate surface area is 155 Å². The molecule has 2 aromatic heterocycles. The lowest BCUT2D eigenvalue weighted by atomic mass is 10.1. The first-order chi connectivity index (χ1) is 12.5. The molecule has 26 heavy (non-hydrogen) atoms. The van der Waals surface area contributed by atoms with Gasteiger partial charge in [0.2, 0.25) is 5.91 Å². The molecule has 8 heteroatoms. The van der Waals surface area contributed by atoms with Gasteiger partial charge in [0.25, 0.3) is 0 Å². The molecule has 0 aliphatic carbocycles. The summed E-state index contributed by atoms with van der Waals surface area (Å²) in [4.78, 5) is 12.4. The Balaban J connectivity index is 1.54. The van der Waals surface area contributed by atoms with Gasteiger partial charge in [-0.15, -0.1) is 10.2 Å². The van der Waals surface area contributed by atoms with Gasteiger partial charge in [-0.25, -0.2) is 0 Å². The number of thioether (sulfide) groups is 1.